The smallest absolute Gasteiger partial charge is 0.254 e. The lowest BCUT2D eigenvalue weighted by atomic mass is 9.91. The molecule has 10 heteroatoms. The number of carbonyl (C=O) groups is 2. The summed E-state index contributed by atoms with van der Waals surface area (Å²) >= 11 is 0. The van der Waals surface area contributed by atoms with Gasteiger partial charge >= 0.3 is 0 Å². The van der Waals surface area contributed by atoms with Gasteiger partial charge in [0.2, 0.25) is 5.91 Å². The quantitative estimate of drug-likeness (QED) is 0.261. The van der Waals surface area contributed by atoms with Gasteiger partial charge in [0, 0.05) is 57.0 Å². The fourth-order valence-electron chi connectivity index (χ4n) is 8.47. The number of aromatic nitrogens is 3. The zero-order chi connectivity index (χ0) is 31.2. The van der Waals surface area contributed by atoms with Crippen molar-refractivity contribution in [1.82, 2.24) is 23.9 Å². The molecule has 10 nitrogen and oxygen atoms in total. The Balaban J connectivity index is 1.19. The first-order valence-corrected chi connectivity index (χ1v) is 16.3. The van der Waals surface area contributed by atoms with Gasteiger partial charge in [0.15, 0.2) is 5.82 Å². The number of fused-ring (bicyclic) bond motifs is 4. The van der Waals surface area contributed by atoms with E-state index in [0.29, 0.717) is 29.7 Å². The second kappa shape index (κ2) is 10.2. The summed E-state index contributed by atoms with van der Waals surface area (Å²) in [4.78, 5) is 34.8. The molecule has 2 aliphatic carbocycles. The van der Waals surface area contributed by atoms with Crippen molar-refractivity contribution >= 4 is 33.8 Å². The normalized spacial score (nSPS) is 24.5. The molecule has 2 saturated carbocycles. The van der Waals surface area contributed by atoms with Gasteiger partial charge in [-0.3, -0.25) is 9.59 Å². The van der Waals surface area contributed by atoms with Crippen molar-refractivity contribution in [3.63, 3.8) is 0 Å². The van der Waals surface area contributed by atoms with Crippen LogP contribution in [0.15, 0.2) is 41.5 Å². The number of likely N-dealkylation sites (tertiary alicyclic amines) is 2. The molecule has 0 spiro atoms. The molecular formula is C35H41N7O3. The largest absolute Gasteiger partial charge is 0.494 e. The molecule has 2 saturated heterocycles. The van der Waals surface area contributed by atoms with Gasteiger partial charge in [0.25, 0.3) is 5.91 Å². The van der Waals surface area contributed by atoms with Crippen molar-refractivity contribution in [3.05, 3.63) is 47.5 Å². The Kier molecular flexibility index (Phi) is 6.38. The maximum atomic E-state index is 13.9. The van der Waals surface area contributed by atoms with Crippen LogP contribution >= 0.6 is 0 Å². The third-order valence-electron chi connectivity index (χ3n) is 11.3. The SMILES string of the molecule is COc1cc(C(=O)N2C[C@H]3CC[C@@H]2[C@]3(C)N=N)cc2nc(-c3cc4cccc(CC5CN(C(C)=O)C5)c4n3CC3CC3)n(C)c12. The molecule has 3 atom stereocenters. The molecule has 2 aromatic heterocycles. The molecule has 4 aromatic rings. The van der Waals surface area contributed by atoms with Gasteiger partial charge in [-0.15, -0.1) is 0 Å². The fraction of sp³-hybridized carbons (Fsp3) is 0.514. The number of carbonyl (C=O) groups excluding carboxylic acids is 2. The second-order valence-corrected chi connectivity index (χ2v) is 14.1. The number of aryl methyl sites for hydroxylation is 1. The number of hydrogen-bond acceptors (Lipinski definition) is 6. The first-order valence-electron chi connectivity index (χ1n) is 16.3. The maximum absolute atomic E-state index is 13.9. The number of piperidine rings is 1. The summed E-state index contributed by atoms with van der Waals surface area (Å²) in [6.07, 6.45) is 5.31. The zero-order valence-corrected chi connectivity index (χ0v) is 26.5. The van der Waals surface area contributed by atoms with Crippen LogP contribution in [0.3, 0.4) is 0 Å². The monoisotopic (exact) mass is 607 g/mol. The van der Waals surface area contributed by atoms with E-state index in [1.807, 2.05) is 35.9 Å². The van der Waals surface area contributed by atoms with E-state index in [2.05, 4.69) is 38.5 Å². The van der Waals surface area contributed by atoms with E-state index >= 15 is 0 Å². The highest BCUT2D eigenvalue weighted by Gasteiger charge is 2.57. The van der Waals surface area contributed by atoms with Crippen molar-refractivity contribution in [2.24, 2.45) is 29.9 Å². The molecule has 234 valence electrons. The molecule has 2 aromatic carbocycles. The molecule has 2 bridgehead atoms. The summed E-state index contributed by atoms with van der Waals surface area (Å²) in [5, 5.41) is 5.19. The lowest BCUT2D eigenvalue weighted by molar-refractivity contribution is -0.134. The Hall–Kier alpha value is -4.21. The van der Waals surface area contributed by atoms with Crippen LogP contribution in [0.25, 0.3) is 33.5 Å². The molecule has 4 heterocycles. The second-order valence-electron chi connectivity index (χ2n) is 14.1. The fourth-order valence-corrected chi connectivity index (χ4v) is 8.47. The Morgan fingerprint density at radius 2 is 1.87 bits per heavy atom. The Bertz CT molecular complexity index is 1880. The highest BCUT2D eigenvalue weighted by molar-refractivity contribution is 6.00. The van der Waals surface area contributed by atoms with Gasteiger partial charge in [-0.1, -0.05) is 18.2 Å². The molecule has 8 rings (SSSR count). The first-order chi connectivity index (χ1) is 21.7. The van der Waals surface area contributed by atoms with Gasteiger partial charge < -0.3 is 23.7 Å². The maximum Gasteiger partial charge on any atom is 0.254 e. The van der Waals surface area contributed by atoms with Crippen LogP contribution in [-0.4, -0.2) is 74.1 Å². The Labute approximate surface area is 262 Å². The molecule has 4 fully saturated rings. The van der Waals surface area contributed by atoms with Crippen molar-refractivity contribution < 1.29 is 14.3 Å². The molecule has 0 radical (unpaired) electrons. The molecule has 4 aliphatic rings. The van der Waals surface area contributed by atoms with Gasteiger partial charge in [0.1, 0.15) is 16.8 Å². The number of ether oxygens (including phenoxy) is 1. The number of amides is 2. The predicted octanol–water partition coefficient (Wildman–Crippen LogP) is 5.66. The van der Waals surface area contributed by atoms with Crippen molar-refractivity contribution in [1.29, 1.82) is 5.53 Å². The first kappa shape index (κ1) is 28.3. The average Bonchev–Trinajstić information content (AvgIpc) is 3.45. The standard InChI is InChI=1S/C35H41N7O3/c1-20(43)40-16-22(17-40)12-23-6-5-7-24-14-28(41(31(23)24)18-21-8-9-21)33-37-27-13-25(15-29(45-4)32(27)39(33)3)34(44)42-19-26-10-11-30(42)35(26,2)38-36/h5-7,13-15,21-22,26,30,36H,8-12,16-19H2,1-4H3/t26-,30-,35-/m1/s1. The van der Waals surface area contributed by atoms with E-state index < -0.39 is 5.54 Å². The molecular weight excluding hydrogens is 566 g/mol. The van der Waals surface area contributed by atoms with Gasteiger partial charge in [-0.05, 0) is 74.6 Å². The minimum Gasteiger partial charge on any atom is -0.494 e. The van der Waals surface area contributed by atoms with E-state index in [4.69, 9.17) is 15.3 Å². The van der Waals surface area contributed by atoms with E-state index in [1.54, 1.807) is 14.0 Å². The number of para-hydroxylation sites is 1. The van der Waals surface area contributed by atoms with Crippen LogP contribution in [0.4, 0.5) is 0 Å². The van der Waals surface area contributed by atoms with Crippen LogP contribution in [0, 0.1) is 23.3 Å². The molecule has 2 aliphatic heterocycles. The van der Waals surface area contributed by atoms with Crippen LogP contribution in [0.1, 0.15) is 55.5 Å². The molecule has 1 N–H and O–H groups in total. The number of nitrogens with one attached hydrogen (secondary N) is 1. The third kappa shape index (κ3) is 4.31. The summed E-state index contributed by atoms with van der Waals surface area (Å²) in [6, 6.07) is 12.5. The van der Waals surface area contributed by atoms with Crippen LogP contribution in [-0.2, 0) is 24.8 Å². The van der Waals surface area contributed by atoms with Crippen molar-refractivity contribution in [3.8, 4) is 17.3 Å². The summed E-state index contributed by atoms with van der Waals surface area (Å²) in [7, 11) is 3.67. The van der Waals surface area contributed by atoms with Crippen LogP contribution < -0.4 is 4.74 Å². The number of imidazole rings is 1. The third-order valence-corrected chi connectivity index (χ3v) is 11.3. The molecule has 45 heavy (non-hydrogen) atoms. The lowest BCUT2D eigenvalue weighted by Gasteiger charge is -2.39. The Morgan fingerprint density at radius 3 is 2.56 bits per heavy atom. The van der Waals surface area contributed by atoms with Crippen LogP contribution in [0.2, 0.25) is 0 Å². The summed E-state index contributed by atoms with van der Waals surface area (Å²) < 4.78 is 10.5. The van der Waals surface area contributed by atoms with Crippen molar-refractivity contribution in [2.45, 2.75) is 64.1 Å². The lowest BCUT2D eigenvalue weighted by Crippen LogP contribution is -2.49. The zero-order valence-electron chi connectivity index (χ0n) is 26.5. The molecule has 0 unspecified atom stereocenters. The number of nitrogens with zero attached hydrogens (tertiary/aromatic N) is 6. The average molecular weight is 608 g/mol. The summed E-state index contributed by atoms with van der Waals surface area (Å²) in [6.45, 7) is 6.89. The number of rotatable bonds is 8. The number of benzene rings is 2. The Morgan fingerprint density at radius 1 is 1.07 bits per heavy atom. The van der Waals surface area contributed by atoms with E-state index in [9.17, 15) is 9.59 Å². The summed E-state index contributed by atoms with van der Waals surface area (Å²) in [5.41, 5.74) is 13.2. The minimum absolute atomic E-state index is 0.0451. The predicted molar refractivity (Wildman–Crippen MR) is 171 cm³/mol. The molecule has 2 amide bonds. The van der Waals surface area contributed by atoms with Gasteiger partial charge in [-0.2, -0.15) is 5.11 Å². The van der Waals surface area contributed by atoms with Gasteiger partial charge in [-0.25, -0.2) is 10.5 Å². The number of methoxy groups -OCH3 is 1. The van der Waals surface area contributed by atoms with E-state index in [0.717, 1.165) is 61.4 Å². The van der Waals surface area contributed by atoms with E-state index in [-0.39, 0.29) is 23.8 Å². The number of hydrogen-bond donors (Lipinski definition) is 1. The topological polar surface area (TPSA) is 109 Å². The van der Waals surface area contributed by atoms with Gasteiger partial charge in [0.05, 0.1) is 29.9 Å². The van der Waals surface area contributed by atoms with E-state index in [1.165, 1.54) is 29.3 Å². The summed E-state index contributed by atoms with van der Waals surface area (Å²) in [5.74, 6) is 2.95. The van der Waals surface area contributed by atoms with Crippen molar-refractivity contribution in [2.75, 3.05) is 26.7 Å². The van der Waals surface area contributed by atoms with Crippen LogP contribution in [0.5, 0.6) is 5.75 Å². The highest BCUT2D eigenvalue weighted by atomic mass is 16.5. The minimum atomic E-state index is -0.499. The highest BCUT2D eigenvalue weighted by Crippen LogP contribution is 2.49.